The molecule has 2 fully saturated rings. The van der Waals surface area contributed by atoms with E-state index in [2.05, 4.69) is 0 Å². The van der Waals surface area contributed by atoms with E-state index in [1.807, 2.05) is 0 Å². The fraction of sp³-hybridized carbons (Fsp3) is 0.700. The van der Waals surface area contributed by atoms with E-state index in [4.69, 9.17) is 4.74 Å². The van der Waals surface area contributed by atoms with Gasteiger partial charge in [-0.1, -0.05) is 0 Å². The molecule has 0 spiro atoms. The minimum absolute atomic E-state index is 0.0764. The lowest BCUT2D eigenvalue weighted by Crippen LogP contribution is -2.33. The van der Waals surface area contributed by atoms with Crippen LogP contribution < -0.4 is 0 Å². The van der Waals surface area contributed by atoms with Crippen LogP contribution in [0.2, 0.25) is 0 Å². The van der Waals surface area contributed by atoms with Crippen LogP contribution >= 0.6 is 0 Å². The Labute approximate surface area is 87.4 Å². The number of rotatable bonds is 3. The monoisotopic (exact) mass is 211 g/mol. The predicted molar refractivity (Wildman–Crippen MR) is 49.9 cm³/mol. The third-order valence-corrected chi connectivity index (χ3v) is 2.69. The zero-order chi connectivity index (χ0) is 11.0. The molecule has 1 aliphatic heterocycles. The Bertz CT molecular complexity index is 321. The van der Waals surface area contributed by atoms with E-state index < -0.39 is 11.9 Å². The molecule has 82 valence electrons. The van der Waals surface area contributed by atoms with Gasteiger partial charge in [0.15, 0.2) is 11.7 Å². The zero-order valence-corrected chi connectivity index (χ0v) is 8.56. The summed E-state index contributed by atoms with van der Waals surface area (Å²) in [6, 6.07) is 0.181. The van der Waals surface area contributed by atoms with Crippen LogP contribution in [0, 0.1) is 5.92 Å². The van der Waals surface area contributed by atoms with Crippen LogP contribution in [0.4, 0.5) is 0 Å². The zero-order valence-electron chi connectivity index (χ0n) is 8.56. The third-order valence-electron chi connectivity index (χ3n) is 2.69. The molecule has 0 bridgehead atoms. The first kappa shape index (κ1) is 10.1. The van der Waals surface area contributed by atoms with Gasteiger partial charge in [0.2, 0.25) is 5.91 Å². The molecular weight excluding hydrogens is 198 g/mol. The highest BCUT2D eigenvalue weighted by molar-refractivity contribution is 6.21. The number of hydrogen-bond acceptors (Lipinski definition) is 4. The lowest BCUT2D eigenvalue weighted by Gasteiger charge is -2.13. The molecule has 5 nitrogen and oxygen atoms in total. The van der Waals surface area contributed by atoms with Crippen LogP contribution in [0.1, 0.15) is 19.8 Å². The molecule has 0 aromatic heterocycles. The molecular formula is C10H13NO4. The van der Waals surface area contributed by atoms with Crippen molar-refractivity contribution in [1.82, 2.24) is 4.90 Å². The van der Waals surface area contributed by atoms with E-state index in [0.29, 0.717) is 0 Å². The summed E-state index contributed by atoms with van der Waals surface area (Å²) in [5.74, 6) is -2.59. The minimum atomic E-state index is -1.19. The topological polar surface area (TPSA) is 63.7 Å². The van der Waals surface area contributed by atoms with Crippen LogP contribution in [0.15, 0.2) is 0 Å². The second kappa shape index (κ2) is 3.64. The first-order valence-corrected chi connectivity index (χ1v) is 5.15. The van der Waals surface area contributed by atoms with Crippen LogP contribution in [-0.2, 0) is 19.1 Å². The van der Waals surface area contributed by atoms with Gasteiger partial charge >= 0.3 is 5.97 Å². The average molecular weight is 211 g/mol. The second-order valence-corrected chi connectivity index (χ2v) is 3.85. The Morgan fingerprint density at radius 1 is 1.47 bits per heavy atom. The third kappa shape index (κ3) is 1.73. The van der Waals surface area contributed by atoms with Gasteiger partial charge in [-0.15, -0.1) is 0 Å². The summed E-state index contributed by atoms with van der Waals surface area (Å²) in [6.45, 7) is 1.92. The maximum absolute atomic E-state index is 11.7. The molecule has 1 saturated heterocycles. The fourth-order valence-corrected chi connectivity index (χ4v) is 1.79. The number of ether oxygens (including phenoxy) is 1. The SMILES string of the molecule is CCOC(=O)C1C(=O)CN(C2CC2)C1=O. The number of likely N-dealkylation sites (tertiary alicyclic amines) is 1. The summed E-state index contributed by atoms with van der Waals surface area (Å²) < 4.78 is 4.71. The van der Waals surface area contributed by atoms with E-state index in [1.165, 1.54) is 4.90 Å². The molecule has 0 N–H and O–H groups in total. The first-order chi connectivity index (χ1) is 7.15. The van der Waals surface area contributed by atoms with E-state index in [9.17, 15) is 14.4 Å². The maximum Gasteiger partial charge on any atom is 0.326 e. The molecule has 1 saturated carbocycles. The molecule has 1 unspecified atom stereocenters. The van der Waals surface area contributed by atoms with Gasteiger partial charge < -0.3 is 9.64 Å². The summed E-state index contributed by atoms with van der Waals surface area (Å²) in [6.07, 6.45) is 1.88. The van der Waals surface area contributed by atoms with Gasteiger partial charge in [-0.25, -0.2) is 0 Å². The Morgan fingerprint density at radius 3 is 2.67 bits per heavy atom. The average Bonchev–Trinajstić information content (AvgIpc) is 2.94. The number of ketones is 1. The molecule has 0 aromatic rings. The molecule has 2 aliphatic rings. The highest BCUT2D eigenvalue weighted by Gasteiger charge is 2.49. The molecule has 0 aromatic carbocycles. The Morgan fingerprint density at radius 2 is 2.13 bits per heavy atom. The predicted octanol–water partition coefficient (Wildman–Crippen LogP) is -0.261. The molecule has 1 amide bonds. The van der Waals surface area contributed by atoms with Crippen molar-refractivity contribution in [3.05, 3.63) is 0 Å². The molecule has 15 heavy (non-hydrogen) atoms. The maximum atomic E-state index is 11.7. The van der Waals surface area contributed by atoms with Gasteiger partial charge in [0, 0.05) is 6.04 Å². The number of hydrogen-bond donors (Lipinski definition) is 0. The highest BCUT2D eigenvalue weighted by atomic mass is 16.5. The standard InChI is InChI=1S/C10H13NO4/c1-2-15-10(14)8-7(12)5-11(9(8)13)6-3-4-6/h6,8H,2-5H2,1H3. The normalized spacial score (nSPS) is 25.9. The summed E-state index contributed by atoms with van der Waals surface area (Å²) in [5.41, 5.74) is 0. The van der Waals surface area contributed by atoms with E-state index in [0.717, 1.165) is 12.8 Å². The molecule has 1 heterocycles. The number of Topliss-reactive ketones (excluding diaryl/α,β-unsaturated/α-hetero) is 1. The van der Waals surface area contributed by atoms with Gasteiger partial charge in [0.05, 0.1) is 13.2 Å². The highest BCUT2D eigenvalue weighted by Crippen LogP contribution is 2.31. The number of carbonyl (C=O) groups excluding carboxylic acids is 3. The van der Waals surface area contributed by atoms with Crippen LogP contribution in [0.5, 0.6) is 0 Å². The van der Waals surface area contributed by atoms with Gasteiger partial charge in [-0.2, -0.15) is 0 Å². The molecule has 1 atom stereocenters. The number of esters is 1. The van der Waals surface area contributed by atoms with Gasteiger partial charge in [-0.05, 0) is 19.8 Å². The van der Waals surface area contributed by atoms with Gasteiger partial charge in [0.1, 0.15) is 0 Å². The smallest absolute Gasteiger partial charge is 0.326 e. The van der Waals surface area contributed by atoms with Gasteiger partial charge in [0.25, 0.3) is 0 Å². The number of nitrogens with zero attached hydrogens (tertiary/aromatic N) is 1. The van der Waals surface area contributed by atoms with Crippen molar-refractivity contribution in [1.29, 1.82) is 0 Å². The summed E-state index contributed by atoms with van der Waals surface area (Å²) in [7, 11) is 0. The lowest BCUT2D eigenvalue weighted by molar-refractivity contribution is -0.154. The van der Waals surface area contributed by atoms with Gasteiger partial charge in [-0.3, -0.25) is 14.4 Å². The number of amides is 1. The largest absolute Gasteiger partial charge is 0.465 e. The summed E-state index contributed by atoms with van der Waals surface area (Å²) >= 11 is 0. The molecule has 0 radical (unpaired) electrons. The van der Waals surface area contributed by atoms with Crippen molar-refractivity contribution in [2.75, 3.05) is 13.2 Å². The second-order valence-electron chi connectivity index (χ2n) is 3.85. The Kier molecular flexibility index (Phi) is 2.46. The van der Waals surface area contributed by atoms with Crippen molar-refractivity contribution < 1.29 is 19.1 Å². The lowest BCUT2D eigenvalue weighted by atomic mass is 10.1. The van der Waals surface area contributed by atoms with Crippen molar-refractivity contribution in [2.24, 2.45) is 5.92 Å². The van der Waals surface area contributed by atoms with Crippen molar-refractivity contribution in [2.45, 2.75) is 25.8 Å². The Balaban J connectivity index is 2.08. The quantitative estimate of drug-likeness (QED) is 0.476. The Hall–Kier alpha value is -1.39. The number of carbonyl (C=O) groups is 3. The van der Waals surface area contributed by atoms with E-state index >= 15 is 0 Å². The van der Waals surface area contributed by atoms with Crippen molar-refractivity contribution >= 4 is 17.7 Å². The fourth-order valence-electron chi connectivity index (χ4n) is 1.79. The van der Waals surface area contributed by atoms with E-state index in [1.54, 1.807) is 6.92 Å². The van der Waals surface area contributed by atoms with Crippen LogP contribution in [0.25, 0.3) is 0 Å². The summed E-state index contributed by atoms with van der Waals surface area (Å²) in [5, 5.41) is 0. The molecule has 5 heteroatoms. The molecule has 1 aliphatic carbocycles. The van der Waals surface area contributed by atoms with Crippen molar-refractivity contribution in [3.63, 3.8) is 0 Å². The van der Waals surface area contributed by atoms with Crippen molar-refractivity contribution in [3.8, 4) is 0 Å². The summed E-state index contributed by atoms with van der Waals surface area (Å²) in [4.78, 5) is 36.1. The van der Waals surface area contributed by atoms with Crippen LogP contribution in [-0.4, -0.2) is 41.8 Å². The minimum Gasteiger partial charge on any atom is -0.465 e. The first-order valence-electron chi connectivity index (χ1n) is 5.15. The van der Waals surface area contributed by atoms with E-state index in [-0.39, 0.29) is 30.9 Å². The molecule has 2 rings (SSSR count). The van der Waals surface area contributed by atoms with Crippen LogP contribution in [0.3, 0.4) is 0 Å².